The Hall–Kier alpha value is -0.580. The molecule has 0 amide bonds. The molecule has 2 atom stereocenters. The quantitative estimate of drug-likeness (QED) is 0.824. The van der Waals surface area contributed by atoms with Crippen molar-refractivity contribution in [1.82, 2.24) is 10.2 Å². The van der Waals surface area contributed by atoms with Crippen molar-refractivity contribution in [3.63, 3.8) is 0 Å². The van der Waals surface area contributed by atoms with E-state index in [-0.39, 0.29) is 12.1 Å². The van der Waals surface area contributed by atoms with Crippen LogP contribution in [-0.4, -0.2) is 55.9 Å². The zero-order chi connectivity index (χ0) is 13.7. The highest BCUT2D eigenvalue weighted by atomic mass is 16.5. The maximum atomic E-state index is 6.00. The maximum Gasteiger partial charge on any atom is 0.112 e. The van der Waals surface area contributed by atoms with Crippen LogP contribution in [0.3, 0.4) is 0 Å². The fourth-order valence-electron chi connectivity index (χ4n) is 2.80. The van der Waals surface area contributed by atoms with Crippen LogP contribution in [-0.2, 0) is 9.47 Å². The van der Waals surface area contributed by atoms with Gasteiger partial charge in [0.1, 0.15) is 5.76 Å². The Morgan fingerprint density at radius 3 is 2.89 bits per heavy atom. The summed E-state index contributed by atoms with van der Waals surface area (Å²) in [6.07, 6.45) is 4.68. The molecule has 0 aliphatic carbocycles. The number of likely N-dealkylation sites (N-methyl/N-ethyl adjacent to an activating group) is 1. The van der Waals surface area contributed by atoms with E-state index in [4.69, 9.17) is 9.47 Å². The number of nitrogens with one attached hydrogen (secondary N) is 1. The molecule has 0 aromatic rings. The average molecular weight is 268 g/mol. The Kier molecular flexibility index (Phi) is 5.67. The molecule has 2 rings (SSSR count). The van der Waals surface area contributed by atoms with E-state index in [0.29, 0.717) is 6.04 Å². The minimum atomic E-state index is 0.195. The van der Waals surface area contributed by atoms with Crippen LogP contribution in [0.5, 0.6) is 0 Å². The van der Waals surface area contributed by atoms with E-state index < -0.39 is 0 Å². The Labute approximate surface area is 117 Å². The average Bonchev–Trinajstić information content (AvgIpc) is 2.46. The molecular weight excluding hydrogens is 240 g/mol. The highest BCUT2D eigenvalue weighted by Gasteiger charge is 2.32. The molecule has 2 heterocycles. The van der Waals surface area contributed by atoms with Crippen LogP contribution in [0.15, 0.2) is 11.8 Å². The van der Waals surface area contributed by atoms with Crippen molar-refractivity contribution in [2.75, 3.05) is 32.8 Å². The third kappa shape index (κ3) is 3.94. The Morgan fingerprint density at radius 1 is 1.42 bits per heavy atom. The summed E-state index contributed by atoms with van der Waals surface area (Å²) >= 11 is 0. The number of nitrogens with zero attached hydrogens (tertiary/aromatic N) is 1. The van der Waals surface area contributed by atoms with Crippen LogP contribution >= 0.6 is 0 Å². The molecule has 1 fully saturated rings. The third-order valence-corrected chi connectivity index (χ3v) is 3.92. The van der Waals surface area contributed by atoms with Crippen molar-refractivity contribution < 1.29 is 9.47 Å². The summed E-state index contributed by atoms with van der Waals surface area (Å²) in [5, 5.41) is 3.54. The van der Waals surface area contributed by atoms with Crippen molar-refractivity contribution in [3.05, 3.63) is 11.8 Å². The summed E-state index contributed by atoms with van der Waals surface area (Å²) in [5.74, 6) is 1.09. The van der Waals surface area contributed by atoms with Gasteiger partial charge in [-0.15, -0.1) is 0 Å². The molecule has 110 valence electrons. The first kappa shape index (κ1) is 14.8. The van der Waals surface area contributed by atoms with Crippen LogP contribution in [0.25, 0.3) is 0 Å². The molecule has 19 heavy (non-hydrogen) atoms. The largest absolute Gasteiger partial charge is 0.496 e. The second-order valence-electron chi connectivity index (χ2n) is 5.63. The van der Waals surface area contributed by atoms with E-state index in [2.05, 4.69) is 37.1 Å². The lowest BCUT2D eigenvalue weighted by molar-refractivity contribution is -0.0580. The van der Waals surface area contributed by atoms with Crippen LogP contribution < -0.4 is 5.32 Å². The van der Waals surface area contributed by atoms with E-state index in [0.717, 1.165) is 51.4 Å². The minimum absolute atomic E-state index is 0.195. The number of rotatable bonds is 5. The molecule has 0 aromatic carbocycles. The summed E-state index contributed by atoms with van der Waals surface area (Å²) in [6, 6.07) is 0.779. The Bertz CT molecular complexity index is 305. The van der Waals surface area contributed by atoms with Crippen molar-refractivity contribution in [3.8, 4) is 0 Å². The zero-order valence-electron chi connectivity index (χ0n) is 12.5. The highest BCUT2D eigenvalue weighted by Crippen LogP contribution is 2.21. The number of ether oxygens (including phenoxy) is 2. The van der Waals surface area contributed by atoms with E-state index in [1.807, 2.05) is 0 Å². The smallest absolute Gasteiger partial charge is 0.112 e. The molecule has 2 aliphatic heterocycles. The zero-order valence-corrected chi connectivity index (χ0v) is 12.5. The van der Waals surface area contributed by atoms with Gasteiger partial charge in [-0.3, -0.25) is 4.90 Å². The van der Waals surface area contributed by atoms with Gasteiger partial charge in [-0.1, -0.05) is 6.92 Å². The van der Waals surface area contributed by atoms with Gasteiger partial charge in [0.05, 0.1) is 25.4 Å². The Morgan fingerprint density at radius 2 is 2.26 bits per heavy atom. The monoisotopic (exact) mass is 268 g/mol. The Balaban J connectivity index is 2.03. The van der Waals surface area contributed by atoms with Gasteiger partial charge in [0.2, 0.25) is 0 Å². The van der Waals surface area contributed by atoms with Gasteiger partial charge in [-0.2, -0.15) is 0 Å². The van der Waals surface area contributed by atoms with Gasteiger partial charge in [-0.25, -0.2) is 0 Å². The lowest BCUT2D eigenvalue weighted by Gasteiger charge is -2.40. The SMILES string of the molecule is CCNC(C1=CCCCO1)C1CN(C(C)C)CCO1. The van der Waals surface area contributed by atoms with E-state index in [9.17, 15) is 0 Å². The molecule has 0 bridgehead atoms. The summed E-state index contributed by atoms with van der Waals surface area (Å²) in [7, 11) is 0. The summed E-state index contributed by atoms with van der Waals surface area (Å²) in [4.78, 5) is 2.49. The maximum absolute atomic E-state index is 6.00. The highest BCUT2D eigenvalue weighted by molar-refractivity contribution is 5.09. The van der Waals surface area contributed by atoms with Crippen LogP contribution in [0, 0.1) is 0 Å². The molecule has 4 nitrogen and oxygen atoms in total. The molecule has 1 saturated heterocycles. The van der Waals surface area contributed by atoms with Crippen molar-refractivity contribution in [2.45, 2.75) is 51.8 Å². The summed E-state index contributed by atoms with van der Waals surface area (Å²) in [6.45, 7) is 11.3. The van der Waals surface area contributed by atoms with E-state index in [1.165, 1.54) is 0 Å². The normalized spacial score (nSPS) is 26.9. The first-order chi connectivity index (χ1) is 9.22. The third-order valence-electron chi connectivity index (χ3n) is 3.92. The second-order valence-corrected chi connectivity index (χ2v) is 5.63. The van der Waals surface area contributed by atoms with Crippen molar-refractivity contribution in [2.24, 2.45) is 0 Å². The fraction of sp³-hybridized carbons (Fsp3) is 0.867. The second kappa shape index (κ2) is 7.27. The molecule has 0 spiro atoms. The first-order valence-corrected chi connectivity index (χ1v) is 7.64. The number of hydrogen-bond acceptors (Lipinski definition) is 4. The molecule has 4 heteroatoms. The van der Waals surface area contributed by atoms with Gasteiger partial charge in [0.15, 0.2) is 0 Å². The van der Waals surface area contributed by atoms with Gasteiger partial charge >= 0.3 is 0 Å². The molecule has 1 N–H and O–H groups in total. The minimum Gasteiger partial charge on any atom is -0.496 e. The fourth-order valence-corrected chi connectivity index (χ4v) is 2.80. The lowest BCUT2D eigenvalue weighted by atomic mass is 10.0. The number of morpholine rings is 1. The van der Waals surface area contributed by atoms with Crippen LogP contribution in [0.1, 0.15) is 33.6 Å². The predicted molar refractivity (Wildman–Crippen MR) is 77.2 cm³/mol. The molecule has 0 radical (unpaired) electrons. The van der Waals surface area contributed by atoms with E-state index >= 15 is 0 Å². The summed E-state index contributed by atoms with van der Waals surface area (Å²) < 4.78 is 11.8. The van der Waals surface area contributed by atoms with E-state index in [1.54, 1.807) is 0 Å². The van der Waals surface area contributed by atoms with Crippen LogP contribution in [0.2, 0.25) is 0 Å². The van der Waals surface area contributed by atoms with Crippen molar-refractivity contribution >= 4 is 0 Å². The lowest BCUT2D eigenvalue weighted by Crippen LogP contribution is -2.54. The number of hydrogen-bond donors (Lipinski definition) is 1. The predicted octanol–water partition coefficient (Wildman–Crippen LogP) is 1.77. The molecule has 2 unspecified atom stereocenters. The van der Waals surface area contributed by atoms with Crippen LogP contribution in [0.4, 0.5) is 0 Å². The van der Waals surface area contributed by atoms with Gasteiger partial charge in [0.25, 0.3) is 0 Å². The number of allylic oxidation sites excluding steroid dienone is 1. The molecule has 0 saturated carbocycles. The van der Waals surface area contributed by atoms with Gasteiger partial charge in [0, 0.05) is 19.1 Å². The van der Waals surface area contributed by atoms with Crippen molar-refractivity contribution in [1.29, 1.82) is 0 Å². The van der Waals surface area contributed by atoms with Gasteiger partial charge in [-0.05, 0) is 39.3 Å². The molecular formula is C15H28N2O2. The summed E-state index contributed by atoms with van der Waals surface area (Å²) in [5.41, 5.74) is 0. The molecule has 2 aliphatic rings. The topological polar surface area (TPSA) is 33.7 Å². The standard InChI is InChI=1S/C15H28N2O2/c1-4-16-15(13-7-5-6-9-18-13)14-11-17(12(2)3)8-10-19-14/h7,12,14-16H,4-6,8-11H2,1-3H3. The first-order valence-electron chi connectivity index (χ1n) is 7.64. The molecule has 0 aromatic heterocycles. The van der Waals surface area contributed by atoms with Gasteiger partial charge < -0.3 is 14.8 Å².